The fourth-order valence-electron chi connectivity index (χ4n) is 5.65. The number of amides is 3. The van der Waals surface area contributed by atoms with Crippen molar-refractivity contribution in [2.45, 2.75) is 25.2 Å². The second-order valence-electron chi connectivity index (χ2n) is 10.6. The number of rotatable bonds is 7. The minimum Gasteiger partial charge on any atom is -0.364 e. The van der Waals surface area contributed by atoms with Crippen LogP contribution < -0.4 is 10.6 Å². The summed E-state index contributed by atoms with van der Waals surface area (Å²) in [5.41, 5.74) is 8.94. The molecule has 11 nitrogen and oxygen atoms in total. The van der Waals surface area contributed by atoms with Crippen LogP contribution in [0.3, 0.4) is 0 Å². The summed E-state index contributed by atoms with van der Waals surface area (Å²) in [6.45, 7) is -0.582. The number of anilines is 2. The number of aromatic nitrogens is 5. The fourth-order valence-corrected chi connectivity index (χ4v) is 6.64. The Labute approximate surface area is 259 Å². The molecule has 1 aliphatic heterocycles. The molecule has 3 aromatic carbocycles. The molecule has 6 aromatic rings. The number of alkyl halides is 1. The van der Waals surface area contributed by atoms with Gasteiger partial charge in [-0.25, -0.2) is 9.37 Å². The first-order valence-corrected chi connectivity index (χ1v) is 14.9. The summed E-state index contributed by atoms with van der Waals surface area (Å²) in [6.07, 6.45) is 1.58. The third kappa shape index (κ3) is 5.27. The predicted molar refractivity (Wildman–Crippen MR) is 167 cm³/mol. The molecule has 1 aliphatic rings. The maximum absolute atomic E-state index is 15.0. The van der Waals surface area contributed by atoms with Crippen molar-refractivity contribution in [3.63, 3.8) is 0 Å². The molecule has 3 aromatic heterocycles. The number of hydrogen-bond acceptors (Lipinski definition) is 8. The molecule has 0 bridgehead atoms. The number of para-hydroxylation sites is 2. The fraction of sp³-hybridized carbons (Fsp3) is 0.156. The summed E-state index contributed by atoms with van der Waals surface area (Å²) in [5.74, 6) is -1.75. The van der Waals surface area contributed by atoms with Crippen molar-refractivity contribution in [3.05, 3.63) is 97.0 Å². The molecule has 1 fully saturated rings. The van der Waals surface area contributed by atoms with Gasteiger partial charge in [-0.3, -0.25) is 24.0 Å². The van der Waals surface area contributed by atoms with Crippen molar-refractivity contribution >= 4 is 61.0 Å². The second-order valence-corrected chi connectivity index (χ2v) is 11.6. The standard InChI is InChI=1S/C32H25FN8O3S/c33-21-15-26(31(44)41(22-6-2-1-3-7-22)32-37-24-8-4-5-9-27(24)45-32)39(17-21)28(42)18-40-25-11-10-19(20-12-13-35-36-16-20)14-23(25)29(38-40)30(34)43/h1-14,16,21,26H,15,17-18H2,(H2,34,43)/t21-,26+/m1/s1. The highest BCUT2D eigenvalue weighted by Crippen LogP contribution is 2.36. The van der Waals surface area contributed by atoms with Gasteiger partial charge in [-0.05, 0) is 48.0 Å². The van der Waals surface area contributed by atoms with Crippen LogP contribution in [0.1, 0.15) is 16.9 Å². The Morgan fingerprint density at radius 2 is 1.78 bits per heavy atom. The monoisotopic (exact) mass is 620 g/mol. The molecular weight excluding hydrogens is 595 g/mol. The van der Waals surface area contributed by atoms with Crippen molar-refractivity contribution < 1.29 is 18.8 Å². The molecular formula is C32H25FN8O3S. The van der Waals surface area contributed by atoms with Gasteiger partial charge in [0.2, 0.25) is 5.91 Å². The van der Waals surface area contributed by atoms with Crippen LogP contribution in [0.15, 0.2) is 91.3 Å². The van der Waals surface area contributed by atoms with Crippen LogP contribution >= 0.6 is 11.3 Å². The van der Waals surface area contributed by atoms with E-state index in [1.165, 1.54) is 25.8 Å². The molecule has 3 amide bonds. The van der Waals surface area contributed by atoms with E-state index in [4.69, 9.17) is 5.73 Å². The number of benzene rings is 3. The van der Waals surface area contributed by atoms with Gasteiger partial charge in [0.05, 0.1) is 40.4 Å². The third-order valence-electron chi connectivity index (χ3n) is 7.75. The molecule has 2 atom stereocenters. The summed E-state index contributed by atoms with van der Waals surface area (Å²) in [6, 6.07) is 22.5. The Balaban J connectivity index is 1.21. The summed E-state index contributed by atoms with van der Waals surface area (Å²) in [4.78, 5) is 47.8. The minimum absolute atomic E-state index is 0.00910. The van der Waals surface area contributed by atoms with E-state index >= 15 is 4.39 Å². The van der Waals surface area contributed by atoms with E-state index in [0.29, 0.717) is 21.7 Å². The van der Waals surface area contributed by atoms with Gasteiger partial charge in [-0.15, -0.1) is 0 Å². The number of likely N-dealkylation sites (tertiary alicyclic amines) is 1. The first kappa shape index (κ1) is 28.2. The summed E-state index contributed by atoms with van der Waals surface area (Å²) >= 11 is 1.34. The lowest BCUT2D eigenvalue weighted by Crippen LogP contribution is -2.47. The average molecular weight is 621 g/mol. The van der Waals surface area contributed by atoms with Crippen LogP contribution in [0.25, 0.3) is 32.2 Å². The third-order valence-corrected chi connectivity index (χ3v) is 8.77. The van der Waals surface area contributed by atoms with Gasteiger partial charge in [0.15, 0.2) is 10.8 Å². The zero-order chi connectivity index (χ0) is 31.1. The smallest absolute Gasteiger partial charge is 0.269 e. The number of nitrogens with zero attached hydrogens (tertiary/aromatic N) is 7. The molecule has 0 unspecified atom stereocenters. The number of halogens is 1. The van der Waals surface area contributed by atoms with Crippen LogP contribution in [-0.4, -0.2) is 66.3 Å². The highest BCUT2D eigenvalue weighted by atomic mass is 32.1. The van der Waals surface area contributed by atoms with Gasteiger partial charge >= 0.3 is 0 Å². The van der Waals surface area contributed by atoms with Gasteiger partial charge in [-0.1, -0.05) is 47.7 Å². The Bertz CT molecular complexity index is 2030. The first-order valence-electron chi connectivity index (χ1n) is 14.1. The Kier molecular flexibility index (Phi) is 7.22. The molecule has 13 heteroatoms. The number of primary amides is 1. The Hall–Kier alpha value is -5.56. The topological polar surface area (TPSA) is 140 Å². The zero-order valence-electron chi connectivity index (χ0n) is 23.7. The van der Waals surface area contributed by atoms with E-state index in [0.717, 1.165) is 21.3 Å². The maximum atomic E-state index is 15.0. The molecule has 0 aliphatic carbocycles. The normalized spacial score (nSPS) is 16.3. The van der Waals surface area contributed by atoms with E-state index in [2.05, 4.69) is 20.3 Å². The van der Waals surface area contributed by atoms with Crippen LogP contribution in [0.4, 0.5) is 15.2 Å². The van der Waals surface area contributed by atoms with Crippen molar-refractivity contribution in [1.82, 2.24) is 29.9 Å². The highest BCUT2D eigenvalue weighted by molar-refractivity contribution is 7.22. The quantitative estimate of drug-likeness (QED) is 0.277. The van der Waals surface area contributed by atoms with E-state index in [1.54, 1.807) is 54.9 Å². The van der Waals surface area contributed by atoms with Crippen molar-refractivity contribution in [2.75, 3.05) is 11.4 Å². The van der Waals surface area contributed by atoms with Gasteiger partial charge < -0.3 is 10.6 Å². The number of fused-ring (bicyclic) bond motifs is 2. The number of carbonyl (C=O) groups excluding carboxylic acids is 3. The number of thiazole rings is 1. The number of carbonyl (C=O) groups is 3. The average Bonchev–Trinajstić information content (AvgIpc) is 3.77. The molecule has 0 spiro atoms. The molecule has 7 rings (SSSR count). The molecule has 1 saturated heterocycles. The van der Waals surface area contributed by atoms with Crippen LogP contribution in [-0.2, 0) is 16.1 Å². The van der Waals surface area contributed by atoms with Gasteiger partial charge in [0.25, 0.3) is 11.8 Å². The van der Waals surface area contributed by atoms with Crippen LogP contribution in [0, 0.1) is 0 Å². The first-order chi connectivity index (χ1) is 21.9. The summed E-state index contributed by atoms with van der Waals surface area (Å²) < 4.78 is 17.3. The van der Waals surface area contributed by atoms with Crippen molar-refractivity contribution in [2.24, 2.45) is 5.73 Å². The lowest BCUT2D eigenvalue weighted by molar-refractivity contribution is -0.137. The second kappa shape index (κ2) is 11.5. The van der Waals surface area contributed by atoms with E-state index in [1.807, 2.05) is 36.4 Å². The van der Waals surface area contributed by atoms with Crippen molar-refractivity contribution in [3.8, 4) is 11.1 Å². The largest absolute Gasteiger partial charge is 0.364 e. The van der Waals surface area contributed by atoms with Gasteiger partial charge in [0.1, 0.15) is 18.8 Å². The maximum Gasteiger partial charge on any atom is 0.269 e. The van der Waals surface area contributed by atoms with Crippen LogP contribution in [0.5, 0.6) is 0 Å². The molecule has 45 heavy (non-hydrogen) atoms. The Morgan fingerprint density at radius 3 is 2.53 bits per heavy atom. The zero-order valence-corrected chi connectivity index (χ0v) is 24.5. The minimum atomic E-state index is -1.40. The Morgan fingerprint density at radius 1 is 0.978 bits per heavy atom. The summed E-state index contributed by atoms with van der Waals surface area (Å²) in [5, 5.41) is 12.9. The predicted octanol–water partition coefficient (Wildman–Crippen LogP) is 4.51. The SMILES string of the molecule is NC(=O)c1nn(CC(=O)N2C[C@H](F)C[C@H]2C(=O)N(c2ccccc2)c2nc3ccccc3s2)c2ccc(-c3ccnnc3)cc12. The number of hydrogen-bond donors (Lipinski definition) is 1. The number of nitrogens with two attached hydrogens (primary N) is 1. The molecule has 4 heterocycles. The van der Waals surface area contributed by atoms with E-state index in [-0.39, 0.29) is 25.2 Å². The van der Waals surface area contributed by atoms with Crippen LogP contribution in [0.2, 0.25) is 0 Å². The van der Waals surface area contributed by atoms with E-state index < -0.39 is 29.9 Å². The van der Waals surface area contributed by atoms with Gasteiger partial charge in [-0.2, -0.15) is 15.3 Å². The van der Waals surface area contributed by atoms with Crippen molar-refractivity contribution in [1.29, 1.82) is 0 Å². The van der Waals surface area contributed by atoms with E-state index in [9.17, 15) is 14.4 Å². The van der Waals surface area contributed by atoms with Gasteiger partial charge in [0, 0.05) is 17.4 Å². The molecule has 224 valence electrons. The molecule has 2 N–H and O–H groups in total. The molecule has 0 saturated carbocycles. The highest BCUT2D eigenvalue weighted by Gasteiger charge is 2.43. The summed E-state index contributed by atoms with van der Waals surface area (Å²) in [7, 11) is 0. The molecule has 0 radical (unpaired) electrons. The lowest BCUT2D eigenvalue weighted by atomic mass is 10.0. The lowest BCUT2D eigenvalue weighted by Gasteiger charge is -2.29.